The number of benzene rings is 2. The van der Waals surface area contributed by atoms with Crippen LogP contribution in [-0.2, 0) is 6.54 Å². The minimum atomic E-state index is 0.573. The fourth-order valence-corrected chi connectivity index (χ4v) is 2.13. The number of hydrogen-bond donors (Lipinski definition) is 1. The Morgan fingerprint density at radius 3 is 2.68 bits per heavy atom. The lowest BCUT2D eigenvalue weighted by Crippen LogP contribution is -2.03. The molecule has 3 rings (SSSR count). The molecule has 0 aliphatic heterocycles. The van der Waals surface area contributed by atoms with Gasteiger partial charge in [-0.25, -0.2) is 9.97 Å². The van der Waals surface area contributed by atoms with E-state index in [4.69, 9.17) is 5.26 Å². The van der Waals surface area contributed by atoms with Crippen LogP contribution < -0.4 is 5.32 Å². The van der Waals surface area contributed by atoms with Crippen LogP contribution >= 0.6 is 0 Å². The molecule has 0 unspecified atom stereocenters. The molecule has 0 aliphatic carbocycles. The standard InChI is InChI=1S/C18H14N4/c19-12-15-7-4-8-16(11-15)17-9-10-20-18(22-17)21-13-14-5-2-1-3-6-14/h1-11H,13H2,(H,20,21,22). The number of anilines is 1. The van der Waals surface area contributed by atoms with Crippen LogP contribution in [0.15, 0.2) is 66.9 Å². The van der Waals surface area contributed by atoms with E-state index in [0.717, 1.165) is 11.3 Å². The minimum Gasteiger partial charge on any atom is -0.350 e. The topological polar surface area (TPSA) is 61.6 Å². The molecular weight excluding hydrogens is 272 g/mol. The van der Waals surface area contributed by atoms with Crippen molar-refractivity contribution < 1.29 is 0 Å². The molecule has 106 valence electrons. The first kappa shape index (κ1) is 13.8. The summed E-state index contributed by atoms with van der Waals surface area (Å²) in [5.74, 6) is 0.573. The molecule has 0 amide bonds. The summed E-state index contributed by atoms with van der Waals surface area (Å²) in [6.45, 7) is 0.669. The first-order valence-electron chi connectivity index (χ1n) is 6.96. The molecule has 1 N–H and O–H groups in total. The largest absolute Gasteiger partial charge is 0.350 e. The molecule has 0 aliphatic rings. The van der Waals surface area contributed by atoms with Gasteiger partial charge in [-0.2, -0.15) is 5.26 Å². The summed E-state index contributed by atoms with van der Waals surface area (Å²) in [6.07, 6.45) is 1.72. The Balaban J connectivity index is 1.79. The van der Waals surface area contributed by atoms with Gasteiger partial charge in [0.1, 0.15) is 0 Å². The molecule has 0 spiro atoms. The second-order valence-electron chi connectivity index (χ2n) is 4.80. The molecule has 0 fully saturated rings. The number of nitriles is 1. The van der Waals surface area contributed by atoms with Crippen LogP contribution in [0.5, 0.6) is 0 Å². The van der Waals surface area contributed by atoms with Crippen molar-refractivity contribution in [2.75, 3.05) is 5.32 Å². The van der Waals surface area contributed by atoms with Crippen LogP contribution in [0.1, 0.15) is 11.1 Å². The molecule has 4 nitrogen and oxygen atoms in total. The van der Waals surface area contributed by atoms with Crippen LogP contribution in [0.2, 0.25) is 0 Å². The van der Waals surface area contributed by atoms with Gasteiger partial charge >= 0.3 is 0 Å². The molecule has 1 heterocycles. The van der Waals surface area contributed by atoms with Crippen molar-refractivity contribution in [2.45, 2.75) is 6.54 Å². The molecule has 22 heavy (non-hydrogen) atoms. The first-order chi connectivity index (χ1) is 10.8. The Morgan fingerprint density at radius 1 is 1.00 bits per heavy atom. The Hall–Kier alpha value is -3.19. The Kier molecular flexibility index (Phi) is 4.08. The number of hydrogen-bond acceptors (Lipinski definition) is 4. The Bertz CT molecular complexity index is 807. The zero-order valence-corrected chi connectivity index (χ0v) is 11.9. The van der Waals surface area contributed by atoms with Gasteiger partial charge in [0.15, 0.2) is 0 Å². The highest BCUT2D eigenvalue weighted by molar-refractivity contribution is 5.62. The zero-order chi connectivity index (χ0) is 15.2. The molecule has 2 aromatic carbocycles. The van der Waals surface area contributed by atoms with E-state index in [1.807, 2.05) is 54.6 Å². The normalized spacial score (nSPS) is 9.95. The number of nitrogens with one attached hydrogen (secondary N) is 1. The maximum absolute atomic E-state index is 8.98. The second-order valence-corrected chi connectivity index (χ2v) is 4.80. The van der Waals surface area contributed by atoms with Gasteiger partial charge in [0.05, 0.1) is 17.3 Å². The van der Waals surface area contributed by atoms with E-state index in [-0.39, 0.29) is 0 Å². The van der Waals surface area contributed by atoms with Crippen LogP contribution in [0.25, 0.3) is 11.3 Å². The summed E-state index contributed by atoms with van der Waals surface area (Å²) >= 11 is 0. The van der Waals surface area contributed by atoms with Crippen molar-refractivity contribution in [1.82, 2.24) is 9.97 Å². The highest BCUT2D eigenvalue weighted by atomic mass is 15.1. The highest BCUT2D eigenvalue weighted by Crippen LogP contribution is 2.19. The fourth-order valence-electron chi connectivity index (χ4n) is 2.13. The third-order valence-electron chi connectivity index (χ3n) is 3.24. The third kappa shape index (κ3) is 3.28. The van der Waals surface area contributed by atoms with Gasteiger partial charge in [0, 0.05) is 18.3 Å². The summed E-state index contributed by atoms with van der Waals surface area (Å²) in [5.41, 5.74) is 3.49. The van der Waals surface area contributed by atoms with E-state index < -0.39 is 0 Å². The fraction of sp³-hybridized carbons (Fsp3) is 0.0556. The van der Waals surface area contributed by atoms with E-state index in [2.05, 4.69) is 21.4 Å². The van der Waals surface area contributed by atoms with E-state index in [1.54, 1.807) is 12.3 Å². The third-order valence-corrected chi connectivity index (χ3v) is 3.24. The summed E-state index contributed by atoms with van der Waals surface area (Å²) in [4.78, 5) is 8.74. The summed E-state index contributed by atoms with van der Waals surface area (Å²) in [6, 6.07) is 21.5. The van der Waals surface area contributed by atoms with Crippen molar-refractivity contribution in [1.29, 1.82) is 5.26 Å². The van der Waals surface area contributed by atoms with Gasteiger partial charge in [0.25, 0.3) is 0 Å². The second kappa shape index (κ2) is 6.51. The molecule has 0 saturated carbocycles. The molecule has 1 aromatic heterocycles. The maximum atomic E-state index is 8.98. The van der Waals surface area contributed by atoms with Crippen molar-refractivity contribution in [2.24, 2.45) is 0 Å². The molecular formula is C18H14N4. The average Bonchev–Trinajstić information content (AvgIpc) is 2.61. The monoisotopic (exact) mass is 286 g/mol. The SMILES string of the molecule is N#Cc1cccc(-c2ccnc(NCc3ccccc3)n2)c1. The summed E-state index contributed by atoms with van der Waals surface area (Å²) in [5, 5.41) is 12.2. The summed E-state index contributed by atoms with van der Waals surface area (Å²) < 4.78 is 0. The van der Waals surface area contributed by atoms with Gasteiger partial charge in [-0.15, -0.1) is 0 Å². The van der Waals surface area contributed by atoms with Crippen molar-refractivity contribution in [3.63, 3.8) is 0 Å². The quantitative estimate of drug-likeness (QED) is 0.795. The molecule has 0 bridgehead atoms. The Morgan fingerprint density at radius 2 is 1.86 bits per heavy atom. The molecule has 0 saturated heterocycles. The highest BCUT2D eigenvalue weighted by Gasteiger charge is 2.03. The predicted octanol–water partition coefficient (Wildman–Crippen LogP) is 3.63. The number of rotatable bonds is 4. The summed E-state index contributed by atoms with van der Waals surface area (Å²) in [7, 11) is 0. The van der Waals surface area contributed by atoms with E-state index >= 15 is 0 Å². The number of nitrogens with zero attached hydrogens (tertiary/aromatic N) is 3. The molecule has 3 aromatic rings. The van der Waals surface area contributed by atoms with E-state index in [1.165, 1.54) is 5.56 Å². The van der Waals surface area contributed by atoms with E-state index in [0.29, 0.717) is 18.1 Å². The lowest BCUT2D eigenvalue weighted by atomic mass is 10.1. The minimum absolute atomic E-state index is 0.573. The molecule has 0 radical (unpaired) electrons. The van der Waals surface area contributed by atoms with E-state index in [9.17, 15) is 0 Å². The van der Waals surface area contributed by atoms with Crippen molar-refractivity contribution in [3.8, 4) is 17.3 Å². The van der Waals surface area contributed by atoms with Crippen LogP contribution in [-0.4, -0.2) is 9.97 Å². The van der Waals surface area contributed by atoms with Crippen LogP contribution in [0.4, 0.5) is 5.95 Å². The zero-order valence-electron chi connectivity index (χ0n) is 11.9. The predicted molar refractivity (Wildman–Crippen MR) is 86.0 cm³/mol. The maximum Gasteiger partial charge on any atom is 0.223 e. The first-order valence-corrected chi connectivity index (χ1v) is 6.96. The van der Waals surface area contributed by atoms with Gasteiger partial charge < -0.3 is 5.32 Å². The van der Waals surface area contributed by atoms with Gasteiger partial charge in [0.2, 0.25) is 5.95 Å². The lowest BCUT2D eigenvalue weighted by Gasteiger charge is -2.07. The smallest absolute Gasteiger partial charge is 0.223 e. The van der Waals surface area contributed by atoms with Gasteiger partial charge in [-0.3, -0.25) is 0 Å². The van der Waals surface area contributed by atoms with Crippen molar-refractivity contribution in [3.05, 3.63) is 78.0 Å². The van der Waals surface area contributed by atoms with Gasteiger partial charge in [-0.1, -0.05) is 42.5 Å². The lowest BCUT2D eigenvalue weighted by molar-refractivity contribution is 1.06. The molecule has 0 atom stereocenters. The van der Waals surface area contributed by atoms with Crippen LogP contribution in [0.3, 0.4) is 0 Å². The molecule has 4 heteroatoms. The van der Waals surface area contributed by atoms with Crippen LogP contribution in [0, 0.1) is 11.3 Å². The average molecular weight is 286 g/mol. The van der Waals surface area contributed by atoms with Gasteiger partial charge in [-0.05, 0) is 23.8 Å². The van der Waals surface area contributed by atoms with Crippen molar-refractivity contribution >= 4 is 5.95 Å². The number of aromatic nitrogens is 2. The Labute approximate surface area is 129 Å².